The van der Waals surface area contributed by atoms with E-state index >= 15 is 0 Å². The van der Waals surface area contributed by atoms with Gasteiger partial charge in [0.2, 0.25) is 0 Å². The fourth-order valence-corrected chi connectivity index (χ4v) is 3.99. The van der Waals surface area contributed by atoms with Crippen LogP contribution in [-0.4, -0.2) is 29.7 Å². The van der Waals surface area contributed by atoms with Crippen molar-refractivity contribution in [1.82, 2.24) is 4.90 Å². The largest absolute Gasteiger partial charge is 0.387 e. The number of benzene rings is 3. The molecule has 3 rings (SSSR count). The highest BCUT2D eigenvalue weighted by Crippen LogP contribution is 2.14. The normalized spacial score (nSPS) is 11.6. The van der Waals surface area contributed by atoms with Crippen LogP contribution in [0.5, 0.6) is 0 Å². The lowest BCUT2D eigenvalue weighted by Gasteiger charge is -2.25. The number of nitrogens with one attached hydrogen (secondary N) is 1. The molecular formula is C30H37FN4. The van der Waals surface area contributed by atoms with E-state index in [9.17, 15) is 4.39 Å². The number of amidine groups is 2. The van der Waals surface area contributed by atoms with Crippen molar-refractivity contribution in [2.24, 2.45) is 16.6 Å². The summed E-state index contributed by atoms with van der Waals surface area (Å²) in [5.74, 6) is 1.38. The van der Waals surface area contributed by atoms with Crippen LogP contribution in [0.1, 0.15) is 48.9 Å². The maximum Gasteiger partial charge on any atom is 0.128 e. The number of aryl methyl sites for hydroxylation is 2. The van der Waals surface area contributed by atoms with Crippen molar-refractivity contribution in [3.63, 3.8) is 0 Å². The molecule has 0 aromatic heterocycles. The monoisotopic (exact) mass is 472 g/mol. The van der Waals surface area contributed by atoms with Crippen LogP contribution in [0.25, 0.3) is 0 Å². The van der Waals surface area contributed by atoms with Crippen LogP contribution in [0.4, 0.5) is 4.39 Å². The second kappa shape index (κ2) is 13.4. The molecule has 0 spiro atoms. The van der Waals surface area contributed by atoms with E-state index in [1.54, 1.807) is 12.1 Å². The Morgan fingerprint density at radius 2 is 1.49 bits per heavy atom. The van der Waals surface area contributed by atoms with E-state index in [-0.39, 0.29) is 5.82 Å². The fourth-order valence-electron chi connectivity index (χ4n) is 3.99. The van der Waals surface area contributed by atoms with Gasteiger partial charge in [0, 0.05) is 31.6 Å². The third kappa shape index (κ3) is 9.01. The third-order valence-electron chi connectivity index (χ3n) is 5.89. The Morgan fingerprint density at radius 1 is 0.886 bits per heavy atom. The van der Waals surface area contributed by atoms with E-state index in [0.717, 1.165) is 36.8 Å². The molecule has 5 heteroatoms. The molecule has 0 atom stereocenters. The van der Waals surface area contributed by atoms with E-state index in [1.165, 1.54) is 23.3 Å². The summed E-state index contributed by atoms with van der Waals surface area (Å²) in [4.78, 5) is 6.52. The first-order valence-corrected chi connectivity index (χ1v) is 12.4. The molecule has 0 saturated heterocycles. The van der Waals surface area contributed by atoms with Crippen LogP contribution >= 0.6 is 0 Å². The molecule has 0 saturated carbocycles. The zero-order chi connectivity index (χ0) is 25.0. The standard InChI is InChI=1S/C30H37FN4/c1-23(2)21-29(32)34-19-6-20-35(22-26-13-17-28(31)18-14-26)30(33)27-15-11-25(12-16-27)10-9-24-7-4-3-5-8-24/h3-5,7-8,11-18,23,33H,6,9-10,19-22H2,1-2H3,(H2,32,34). The topological polar surface area (TPSA) is 65.5 Å². The number of nitrogens with two attached hydrogens (primary N) is 1. The maximum atomic E-state index is 13.4. The Hall–Kier alpha value is -3.47. The molecular weight excluding hydrogens is 435 g/mol. The Bertz CT molecular complexity index is 1070. The van der Waals surface area contributed by atoms with Gasteiger partial charge in [0.15, 0.2) is 0 Å². The smallest absolute Gasteiger partial charge is 0.128 e. The number of hydrogen-bond acceptors (Lipinski definition) is 2. The molecule has 0 aliphatic carbocycles. The van der Waals surface area contributed by atoms with Crippen molar-refractivity contribution in [1.29, 1.82) is 5.41 Å². The predicted molar refractivity (Wildman–Crippen MR) is 144 cm³/mol. The minimum atomic E-state index is -0.253. The molecule has 0 unspecified atom stereocenters. The predicted octanol–water partition coefficient (Wildman–Crippen LogP) is 6.23. The molecule has 0 amide bonds. The van der Waals surface area contributed by atoms with Gasteiger partial charge in [0.05, 0.1) is 5.84 Å². The molecule has 0 heterocycles. The first-order chi connectivity index (χ1) is 16.9. The van der Waals surface area contributed by atoms with Gasteiger partial charge >= 0.3 is 0 Å². The summed E-state index contributed by atoms with van der Waals surface area (Å²) in [5, 5.41) is 8.89. The molecule has 0 radical (unpaired) electrons. The molecule has 3 aromatic carbocycles. The Kier molecular flexibility index (Phi) is 10.0. The van der Waals surface area contributed by atoms with Crippen LogP contribution in [0.2, 0.25) is 0 Å². The maximum absolute atomic E-state index is 13.4. The van der Waals surface area contributed by atoms with Crippen molar-refractivity contribution in [3.8, 4) is 0 Å². The lowest BCUT2D eigenvalue weighted by Crippen LogP contribution is -2.32. The lowest BCUT2D eigenvalue weighted by atomic mass is 10.0. The summed E-state index contributed by atoms with van der Waals surface area (Å²) >= 11 is 0. The zero-order valence-corrected chi connectivity index (χ0v) is 20.9. The van der Waals surface area contributed by atoms with Crippen LogP contribution in [0.3, 0.4) is 0 Å². The van der Waals surface area contributed by atoms with Gasteiger partial charge in [0.1, 0.15) is 11.7 Å². The van der Waals surface area contributed by atoms with Gasteiger partial charge in [-0.2, -0.15) is 0 Å². The minimum Gasteiger partial charge on any atom is -0.387 e. The van der Waals surface area contributed by atoms with Crippen molar-refractivity contribution < 1.29 is 4.39 Å². The highest BCUT2D eigenvalue weighted by atomic mass is 19.1. The van der Waals surface area contributed by atoms with E-state index in [0.29, 0.717) is 37.2 Å². The fraction of sp³-hybridized carbons (Fsp3) is 0.333. The minimum absolute atomic E-state index is 0.253. The Balaban J connectivity index is 1.64. The van der Waals surface area contributed by atoms with Crippen molar-refractivity contribution in [3.05, 3.63) is 107 Å². The molecule has 0 fully saturated rings. The molecule has 0 aliphatic rings. The van der Waals surface area contributed by atoms with E-state index in [1.807, 2.05) is 23.1 Å². The summed E-state index contributed by atoms with van der Waals surface area (Å²) in [6.45, 7) is 6.09. The van der Waals surface area contributed by atoms with Crippen LogP contribution in [0.15, 0.2) is 83.9 Å². The molecule has 184 valence electrons. The highest BCUT2D eigenvalue weighted by molar-refractivity contribution is 5.96. The Morgan fingerprint density at radius 3 is 2.11 bits per heavy atom. The molecule has 0 bridgehead atoms. The molecule has 3 aromatic rings. The van der Waals surface area contributed by atoms with Crippen LogP contribution in [0, 0.1) is 17.1 Å². The van der Waals surface area contributed by atoms with Gasteiger partial charge in [-0.15, -0.1) is 0 Å². The third-order valence-corrected chi connectivity index (χ3v) is 5.89. The quantitative estimate of drug-likeness (QED) is 0.186. The average molecular weight is 473 g/mol. The summed E-state index contributed by atoms with van der Waals surface area (Å²) in [7, 11) is 0. The van der Waals surface area contributed by atoms with E-state index in [4.69, 9.17) is 11.1 Å². The summed E-state index contributed by atoms with van der Waals surface area (Å²) < 4.78 is 13.4. The number of aliphatic imine (C=N–C) groups is 1. The first kappa shape index (κ1) is 26.1. The summed E-state index contributed by atoms with van der Waals surface area (Å²) in [5.41, 5.74) is 10.4. The summed E-state index contributed by atoms with van der Waals surface area (Å²) in [6, 6.07) is 25.2. The number of rotatable bonds is 12. The van der Waals surface area contributed by atoms with E-state index in [2.05, 4.69) is 55.2 Å². The second-order valence-electron chi connectivity index (χ2n) is 9.40. The molecule has 35 heavy (non-hydrogen) atoms. The van der Waals surface area contributed by atoms with Crippen molar-refractivity contribution in [2.45, 2.75) is 46.1 Å². The second-order valence-corrected chi connectivity index (χ2v) is 9.40. The van der Waals surface area contributed by atoms with Crippen LogP contribution in [-0.2, 0) is 19.4 Å². The van der Waals surface area contributed by atoms with Gasteiger partial charge in [-0.05, 0) is 54.0 Å². The number of hydrogen-bond donors (Lipinski definition) is 2. The number of halogens is 1. The van der Waals surface area contributed by atoms with Gasteiger partial charge < -0.3 is 10.6 Å². The van der Waals surface area contributed by atoms with E-state index < -0.39 is 0 Å². The molecule has 4 nitrogen and oxygen atoms in total. The van der Waals surface area contributed by atoms with Gasteiger partial charge in [0.25, 0.3) is 0 Å². The molecule has 3 N–H and O–H groups in total. The van der Waals surface area contributed by atoms with Crippen LogP contribution < -0.4 is 5.73 Å². The van der Waals surface area contributed by atoms with Gasteiger partial charge in [-0.1, -0.05) is 80.6 Å². The number of nitrogens with zero attached hydrogens (tertiary/aromatic N) is 2. The average Bonchev–Trinajstić information content (AvgIpc) is 2.86. The zero-order valence-electron chi connectivity index (χ0n) is 20.9. The first-order valence-electron chi connectivity index (χ1n) is 12.4. The van der Waals surface area contributed by atoms with Crippen molar-refractivity contribution in [2.75, 3.05) is 13.1 Å². The summed E-state index contributed by atoms with van der Waals surface area (Å²) in [6.07, 6.45) is 3.55. The van der Waals surface area contributed by atoms with Gasteiger partial charge in [-0.25, -0.2) is 4.39 Å². The SMILES string of the molecule is CC(C)CC(N)=NCCCN(Cc1ccc(F)cc1)C(=N)c1ccc(CCc2ccccc2)cc1. The Labute approximate surface area is 209 Å². The lowest BCUT2D eigenvalue weighted by molar-refractivity contribution is 0.405. The van der Waals surface area contributed by atoms with Gasteiger partial charge in [-0.3, -0.25) is 10.4 Å². The highest BCUT2D eigenvalue weighted by Gasteiger charge is 2.13. The molecule has 0 aliphatic heterocycles. The van der Waals surface area contributed by atoms with Crippen molar-refractivity contribution >= 4 is 11.7 Å².